The summed E-state index contributed by atoms with van der Waals surface area (Å²) in [6.45, 7) is 2.04. The van der Waals surface area contributed by atoms with Crippen LogP contribution in [0.15, 0.2) is 111 Å². The fourth-order valence-corrected chi connectivity index (χ4v) is 4.66. The van der Waals surface area contributed by atoms with Crippen molar-refractivity contribution < 1.29 is 8.83 Å². The lowest BCUT2D eigenvalue weighted by atomic mass is 10.1. The van der Waals surface area contributed by atoms with Crippen LogP contribution in [0.5, 0.6) is 0 Å². The van der Waals surface area contributed by atoms with Crippen LogP contribution in [0.1, 0.15) is 5.56 Å². The molecule has 6 nitrogen and oxygen atoms in total. The number of furan rings is 2. The molecule has 2 aromatic carbocycles. The van der Waals surface area contributed by atoms with Gasteiger partial charge in [-0.3, -0.25) is 9.36 Å². The number of aryl methyl sites for hydroxylation is 1. The van der Waals surface area contributed by atoms with Gasteiger partial charge >= 0.3 is 0 Å². The van der Waals surface area contributed by atoms with Crippen LogP contribution in [-0.4, -0.2) is 13.7 Å². The summed E-state index contributed by atoms with van der Waals surface area (Å²) < 4.78 is 16.8. The van der Waals surface area contributed by atoms with E-state index in [1.807, 2.05) is 67.6 Å². The molecule has 34 heavy (non-hydrogen) atoms. The Labute approximate surface area is 199 Å². The van der Waals surface area contributed by atoms with Crippen LogP contribution in [-0.2, 0) is 0 Å². The van der Waals surface area contributed by atoms with Gasteiger partial charge in [-0.2, -0.15) is 0 Å². The predicted octanol–water partition coefficient (Wildman–Crippen LogP) is 6.46. The fourth-order valence-electron chi connectivity index (χ4n) is 4.31. The maximum Gasteiger partial charge on any atom is 0.270 e. The van der Waals surface area contributed by atoms with Crippen molar-refractivity contribution in [1.29, 1.82) is 0 Å². The highest BCUT2D eigenvalue weighted by Gasteiger charge is 2.23. The molecule has 0 aliphatic rings. The topological polar surface area (TPSA) is 58.1 Å². The number of fused-ring (bicyclic) bond motifs is 1. The molecule has 0 atom stereocenters. The van der Waals surface area contributed by atoms with E-state index in [0.29, 0.717) is 22.8 Å². The SMILES string of the molecule is Cc1cccc(-n2c(-c3ccccc3)cc3c(=O)n(-c4ccco4)c(=S)n(-c4ccco4)c32)c1. The van der Waals surface area contributed by atoms with Gasteiger partial charge in [0.25, 0.3) is 5.56 Å². The van der Waals surface area contributed by atoms with E-state index in [2.05, 4.69) is 10.6 Å². The summed E-state index contributed by atoms with van der Waals surface area (Å²) in [6.07, 6.45) is 3.11. The maximum absolute atomic E-state index is 13.8. The molecule has 0 unspecified atom stereocenters. The summed E-state index contributed by atoms with van der Waals surface area (Å²) in [5, 5.41) is 0.488. The molecule has 6 rings (SSSR count). The van der Waals surface area contributed by atoms with Gasteiger partial charge in [0, 0.05) is 17.8 Å². The lowest BCUT2D eigenvalue weighted by Gasteiger charge is -2.16. The molecule has 0 saturated carbocycles. The van der Waals surface area contributed by atoms with Crippen molar-refractivity contribution in [3.8, 4) is 28.7 Å². The van der Waals surface area contributed by atoms with E-state index in [9.17, 15) is 4.79 Å². The zero-order valence-corrected chi connectivity index (χ0v) is 19.0. The second kappa shape index (κ2) is 7.90. The van der Waals surface area contributed by atoms with Gasteiger partial charge in [0.2, 0.25) is 11.8 Å². The first-order chi connectivity index (χ1) is 16.6. The van der Waals surface area contributed by atoms with Gasteiger partial charge in [0.15, 0.2) is 4.77 Å². The molecule has 6 aromatic rings. The second-order valence-electron chi connectivity index (χ2n) is 7.97. The van der Waals surface area contributed by atoms with Crippen LogP contribution in [0.25, 0.3) is 39.7 Å². The molecular weight excluding hydrogens is 446 g/mol. The second-order valence-corrected chi connectivity index (χ2v) is 8.33. The van der Waals surface area contributed by atoms with E-state index in [4.69, 9.17) is 21.1 Å². The van der Waals surface area contributed by atoms with Gasteiger partial charge in [-0.05, 0) is 60.6 Å². The standard InChI is InChI=1S/C27H19N3O3S/c1-18-8-5-11-20(16-18)28-22(19-9-3-2-4-10-19)17-21-25(28)29(23-12-6-14-32-23)27(34)30(26(21)31)24-13-7-15-33-24/h2-17H,1H3. The summed E-state index contributed by atoms with van der Waals surface area (Å²) >= 11 is 5.86. The molecule has 4 heterocycles. The highest BCUT2D eigenvalue weighted by molar-refractivity contribution is 7.71. The highest BCUT2D eigenvalue weighted by Crippen LogP contribution is 2.32. The van der Waals surface area contributed by atoms with Crippen LogP contribution >= 0.6 is 12.2 Å². The minimum atomic E-state index is -0.263. The lowest BCUT2D eigenvalue weighted by molar-refractivity contribution is 0.514. The van der Waals surface area contributed by atoms with E-state index in [1.54, 1.807) is 29.0 Å². The number of hydrogen-bond donors (Lipinski definition) is 0. The molecule has 0 radical (unpaired) electrons. The van der Waals surface area contributed by atoms with Gasteiger partial charge in [0.1, 0.15) is 5.65 Å². The molecule has 0 aliphatic carbocycles. The molecule has 0 spiro atoms. The summed E-state index contributed by atoms with van der Waals surface area (Å²) in [7, 11) is 0. The van der Waals surface area contributed by atoms with Crippen LogP contribution in [0, 0.1) is 11.7 Å². The first kappa shape index (κ1) is 20.3. The minimum Gasteiger partial charge on any atom is -0.448 e. The summed E-state index contributed by atoms with van der Waals surface area (Å²) in [5.41, 5.74) is 4.22. The Morgan fingerprint density at radius 3 is 2.09 bits per heavy atom. The molecule has 166 valence electrons. The van der Waals surface area contributed by atoms with E-state index in [-0.39, 0.29) is 10.3 Å². The van der Waals surface area contributed by atoms with E-state index < -0.39 is 0 Å². The molecule has 0 aliphatic heterocycles. The average Bonchev–Trinajstić information content (AvgIpc) is 3.62. The minimum absolute atomic E-state index is 0.244. The number of rotatable bonds is 4. The smallest absolute Gasteiger partial charge is 0.270 e. The van der Waals surface area contributed by atoms with Crippen molar-refractivity contribution in [1.82, 2.24) is 13.7 Å². The fraction of sp³-hybridized carbons (Fsp3) is 0.0370. The lowest BCUT2D eigenvalue weighted by Crippen LogP contribution is -2.23. The Bertz CT molecular complexity index is 1740. The Hall–Kier alpha value is -4.36. The van der Waals surface area contributed by atoms with Gasteiger partial charge in [-0.25, -0.2) is 9.13 Å². The number of nitrogens with zero attached hydrogens (tertiary/aromatic N) is 3. The number of benzene rings is 2. The number of hydrogen-bond acceptors (Lipinski definition) is 4. The van der Waals surface area contributed by atoms with Crippen LogP contribution in [0.4, 0.5) is 0 Å². The third-order valence-corrected chi connectivity index (χ3v) is 6.15. The van der Waals surface area contributed by atoms with E-state index in [0.717, 1.165) is 22.5 Å². The zero-order chi connectivity index (χ0) is 23.2. The molecule has 0 saturated heterocycles. The first-order valence-electron chi connectivity index (χ1n) is 10.8. The van der Waals surface area contributed by atoms with Crippen LogP contribution in [0.3, 0.4) is 0 Å². The summed E-state index contributed by atoms with van der Waals surface area (Å²) in [4.78, 5) is 13.8. The quantitative estimate of drug-likeness (QED) is 0.280. The van der Waals surface area contributed by atoms with Crippen LogP contribution < -0.4 is 5.56 Å². The summed E-state index contributed by atoms with van der Waals surface area (Å²) in [6, 6.07) is 27.1. The van der Waals surface area contributed by atoms with Gasteiger partial charge < -0.3 is 8.83 Å². The van der Waals surface area contributed by atoms with Crippen molar-refractivity contribution in [2.75, 3.05) is 0 Å². The molecule has 0 N–H and O–H groups in total. The summed E-state index contributed by atoms with van der Waals surface area (Å²) in [5.74, 6) is 0.851. The molecule has 4 aromatic heterocycles. The van der Waals surface area contributed by atoms with Crippen molar-refractivity contribution in [2.24, 2.45) is 0 Å². The number of aromatic nitrogens is 3. The van der Waals surface area contributed by atoms with Crippen molar-refractivity contribution in [2.45, 2.75) is 6.92 Å². The Kier molecular flexibility index (Phi) is 4.71. The molecular formula is C27H19N3O3S. The zero-order valence-electron chi connectivity index (χ0n) is 18.2. The van der Waals surface area contributed by atoms with Crippen LogP contribution in [0.2, 0.25) is 0 Å². The monoisotopic (exact) mass is 465 g/mol. The van der Waals surface area contributed by atoms with Gasteiger partial charge in [0.05, 0.1) is 23.6 Å². The van der Waals surface area contributed by atoms with Crippen molar-refractivity contribution in [3.05, 3.63) is 118 Å². The Morgan fingerprint density at radius 1 is 0.735 bits per heavy atom. The third kappa shape index (κ3) is 3.09. The van der Waals surface area contributed by atoms with E-state index in [1.165, 1.54) is 10.8 Å². The highest BCUT2D eigenvalue weighted by atomic mass is 32.1. The molecule has 7 heteroatoms. The molecule has 0 amide bonds. The van der Waals surface area contributed by atoms with Gasteiger partial charge in [-0.1, -0.05) is 42.5 Å². The Balaban J connectivity index is 1.85. The average molecular weight is 466 g/mol. The van der Waals surface area contributed by atoms with E-state index >= 15 is 0 Å². The maximum atomic E-state index is 13.8. The predicted molar refractivity (Wildman–Crippen MR) is 134 cm³/mol. The normalized spacial score (nSPS) is 11.3. The molecule has 0 fully saturated rings. The Morgan fingerprint density at radius 2 is 1.44 bits per heavy atom. The largest absolute Gasteiger partial charge is 0.448 e. The molecule has 0 bridgehead atoms. The van der Waals surface area contributed by atoms with Crippen molar-refractivity contribution >= 4 is 23.3 Å². The van der Waals surface area contributed by atoms with Crippen molar-refractivity contribution in [3.63, 3.8) is 0 Å². The first-order valence-corrected chi connectivity index (χ1v) is 11.2. The van der Waals surface area contributed by atoms with Gasteiger partial charge in [-0.15, -0.1) is 0 Å². The third-order valence-electron chi connectivity index (χ3n) is 5.79.